The summed E-state index contributed by atoms with van der Waals surface area (Å²) in [7, 11) is 0. The molecule has 0 fully saturated rings. The molecule has 1 aromatic carbocycles. The third kappa shape index (κ3) is 2.86. The van der Waals surface area contributed by atoms with Crippen molar-refractivity contribution in [2.45, 2.75) is 30.2 Å². The summed E-state index contributed by atoms with van der Waals surface area (Å²) < 4.78 is 1.67. The van der Waals surface area contributed by atoms with E-state index in [-0.39, 0.29) is 11.7 Å². The number of carboxylic acids is 1. The Balaban J connectivity index is 2.07. The lowest BCUT2D eigenvalue weighted by molar-refractivity contribution is -0.305. The molecule has 0 spiro atoms. The molecule has 0 amide bonds. The topological polar surface area (TPSA) is 83.2 Å². The predicted octanol–water partition coefficient (Wildman–Crippen LogP) is 1.36. The molecule has 0 aliphatic carbocycles. The first-order valence-corrected chi connectivity index (χ1v) is 8.00. The number of thioether (sulfide) groups is 1. The smallest absolute Gasteiger partial charge is 0.212 e. The van der Waals surface area contributed by atoms with Crippen molar-refractivity contribution in [1.82, 2.24) is 14.9 Å². The molecular weight excluding hydrogens is 324 g/mol. The van der Waals surface area contributed by atoms with Crippen LogP contribution in [0.15, 0.2) is 34.5 Å². The van der Waals surface area contributed by atoms with Crippen molar-refractivity contribution >= 4 is 35.0 Å². The monoisotopic (exact) mass is 335 g/mol. The van der Waals surface area contributed by atoms with Gasteiger partial charge in [-0.2, -0.15) is 9.78 Å². The summed E-state index contributed by atoms with van der Waals surface area (Å²) in [4.78, 5) is 11.0. The first-order chi connectivity index (χ1) is 10.6. The summed E-state index contributed by atoms with van der Waals surface area (Å²) in [5.41, 5.74) is 1.48. The van der Waals surface area contributed by atoms with Crippen LogP contribution in [0.1, 0.15) is 24.7 Å². The molecule has 0 bridgehead atoms. The molecule has 6 nitrogen and oxygen atoms in total. The third-order valence-corrected chi connectivity index (χ3v) is 4.64. The van der Waals surface area contributed by atoms with Crippen LogP contribution in [0.5, 0.6) is 0 Å². The Morgan fingerprint density at radius 1 is 1.36 bits per heavy atom. The summed E-state index contributed by atoms with van der Waals surface area (Å²) in [6.07, 6.45) is 0.552. The minimum Gasteiger partial charge on any atom is -0.550 e. The van der Waals surface area contributed by atoms with Gasteiger partial charge in [0.05, 0.1) is 11.0 Å². The highest BCUT2D eigenvalue weighted by molar-refractivity contribution is 8.00. The lowest BCUT2D eigenvalue weighted by Crippen LogP contribution is -2.33. The molecule has 2 aromatic rings. The van der Waals surface area contributed by atoms with E-state index in [4.69, 9.17) is 11.6 Å². The van der Waals surface area contributed by atoms with Crippen LogP contribution >= 0.6 is 23.4 Å². The van der Waals surface area contributed by atoms with Crippen molar-refractivity contribution in [3.8, 4) is 0 Å². The maximum atomic E-state index is 11.0. The van der Waals surface area contributed by atoms with Crippen molar-refractivity contribution in [3.05, 3.63) is 40.7 Å². The molecule has 0 saturated carbocycles. The number of rotatable bonds is 4. The SMILES string of the molecule is CCc1nnc2n1N=C(c1ccc(Cl)cc1)[C@@H](CC(=O)[O-])S2. The maximum Gasteiger partial charge on any atom is 0.212 e. The average molecular weight is 336 g/mol. The van der Waals surface area contributed by atoms with Crippen LogP contribution in [0.3, 0.4) is 0 Å². The van der Waals surface area contributed by atoms with E-state index in [9.17, 15) is 9.90 Å². The number of hydrogen-bond acceptors (Lipinski definition) is 6. The fourth-order valence-corrected chi connectivity index (χ4v) is 3.43. The van der Waals surface area contributed by atoms with Crippen molar-refractivity contribution in [1.29, 1.82) is 0 Å². The number of aryl methyl sites for hydroxylation is 1. The van der Waals surface area contributed by atoms with Crippen LogP contribution < -0.4 is 5.11 Å². The van der Waals surface area contributed by atoms with Crippen molar-refractivity contribution < 1.29 is 9.90 Å². The van der Waals surface area contributed by atoms with E-state index in [1.165, 1.54) is 11.8 Å². The van der Waals surface area contributed by atoms with Crippen LogP contribution in [0.2, 0.25) is 5.02 Å². The zero-order valence-electron chi connectivity index (χ0n) is 11.7. The van der Waals surface area contributed by atoms with Crippen LogP contribution in [-0.4, -0.2) is 31.8 Å². The molecule has 8 heteroatoms. The Morgan fingerprint density at radius 2 is 2.09 bits per heavy atom. The first kappa shape index (κ1) is 15.1. The molecule has 1 aliphatic heterocycles. The van der Waals surface area contributed by atoms with Gasteiger partial charge < -0.3 is 9.90 Å². The van der Waals surface area contributed by atoms with Gasteiger partial charge in [0.2, 0.25) is 5.16 Å². The van der Waals surface area contributed by atoms with Crippen LogP contribution in [0, 0.1) is 0 Å². The van der Waals surface area contributed by atoms with E-state index in [1.54, 1.807) is 16.8 Å². The second-order valence-electron chi connectivity index (χ2n) is 4.74. The van der Waals surface area contributed by atoms with Gasteiger partial charge >= 0.3 is 0 Å². The number of carbonyl (C=O) groups is 1. The molecular formula is C14H12ClN4O2S-. The Morgan fingerprint density at radius 3 is 2.73 bits per heavy atom. The predicted molar refractivity (Wildman–Crippen MR) is 82.1 cm³/mol. The molecule has 1 atom stereocenters. The Bertz CT molecular complexity index is 742. The third-order valence-electron chi connectivity index (χ3n) is 3.25. The standard InChI is InChI=1S/C14H13ClN4O2S/c1-2-11-16-17-14-19(11)18-13(10(22-14)7-12(20)21)8-3-5-9(15)6-4-8/h3-6,10H,2,7H2,1H3,(H,20,21)/p-1/t10-/m1/s1. The second kappa shape index (κ2) is 6.10. The van der Waals surface area contributed by atoms with Gasteiger partial charge in [0.25, 0.3) is 0 Å². The highest BCUT2D eigenvalue weighted by Gasteiger charge is 2.28. The van der Waals surface area contributed by atoms with E-state index < -0.39 is 5.97 Å². The zero-order chi connectivity index (χ0) is 15.7. The van der Waals surface area contributed by atoms with Gasteiger partial charge in [-0.1, -0.05) is 42.4 Å². The highest BCUT2D eigenvalue weighted by Crippen LogP contribution is 2.32. The van der Waals surface area contributed by atoms with Crippen LogP contribution in [0.4, 0.5) is 0 Å². The molecule has 0 radical (unpaired) electrons. The summed E-state index contributed by atoms with van der Waals surface area (Å²) in [6.45, 7) is 1.96. The number of aromatic nitrogens is 3. The van der Waals surface area contributed by atoms with Gasteiger partial charge in [-0.25, -0.2) is 0 Å². The number of hydrogen-bond donors (Lipinski definition) is 0. The lowest BCUT2D eigenvalue weighted by Gasteiger charge is -2.23. The number of nitrogens with zero attached hydrogens (tertiary/aromatic N) is 4. The van der Waals surface area contributed by atoms with Crippen molar-refractivity contribution in [3.63, 3.8) is 0 Å². The number of benzene rings is 1. The number of fused-ring (bicyclic) bond motifs is 1. The number of aliphatic carboxylic acids is 1. The summed E-state index contributed by atoms with van der Waals surface area (Å²) >= 11 is 7.24. The first-order valence-electron chi connectivity index (χ1n) is 6.74. The molecule has 3 rings (SSSR count). The van der Waals surface area contributed by atoms with Crippen LogP contribution in [-0.2, 0) is 11.2 Å². The van der Waals surface area contributed by atoms with Gasteiger partial charge in [-0.3, -0.25) is 0 Å². The number of carbonyl (C=O) groups excluding carboxylic acids is 1. The summed E-state index contributed by atoms with van der Waals surface area (Å²) in [5, 5.41) is 24.6. The van der Waals surface area contributed by atoms with Gasteiger partial charge in [0.1, 0.15) is 0 Å². The quantitative estimate of drug-likeness (QED) is 0.842. The van der Waals surface area contributed by atoms with Gasteiger partial charge in [0, 0.05) is 23.8 Å². The van der Waals surface area contributed by atoms with Gasteiger partial charge in [-0.05, 0) is 17.7 Å². The minimum atomic E-state index is -1.12. The van der Waals surface area contributed by atoms with Crippen LogP contribution in [0.25, 0.3) is 0 Å². The number of carboxylic acid groups (broad SMARTS) is 1. The molecule has 0 unspecified atom stereocenters. The second-order valence-corrected chi connectivity index (χ2v) is 6.35. The Kier molecular flexibility index (Phi) is 4.17. The van der Waals surface area contributed by atoms with E-state index in [1.807, 2.05) is 19.1 Å². The minimum absolute atomic E-state index is 0.138. The molecule has 114 valence electrons. The molecule has 22 heavy (non-hydrogen) atoms. The lowest BCUT2D eigenvalue weighted by atomic mass is 10.1. The molecule has 0 saturated heterocycles. The highest BCUT2D eigenvalue weighted by atomic mass is 35.5. The van der Waals surface area contributed by atoms with E-state index in [2.05, 4.69) is 15.3 Å². The van der Waals surface area contributed by atoms with E-state index in [0.29, 0.717) is 22.3 Å². The number of halogens is 1. The van der Waals surface area contributed by atoms with Gasteiger partial charge in [-0.15, -0.1) is 10.2 Å². The Labute approximate surface area is 136 Å². The normalized spacial score (nSPS) is 17.0. The molecule has 1 aliphatic rings. The van der Waals surface area contributed by atoms with E-state index in [0.717, 1.165) is 11.4 Å². The molecule has 2 heterocycles. The average Bonchev–Trinajstić information content (AvgIpc) is 2.88. The summed E-state index contributed by atoms with van der Waals surface area (Å²) in [6, 6.07) is 7.15. The maximum absolute atomic E-state index is 11.0. The van der Waals surface area contributed by atoms with Crippen molar-refractivity contribution in [2.24, 2.45) is 5.10 Å². The largest absolute Gasteiger partial charge is 0.550 e. The van der Waals surface area contributed by atoms with Crippen molar-refractivity contribution in [2.75, 3.05) is 0 Å². The van der Waals surface area contributed by atoms with E-state index >= 15 is 0 Å². The fraction of sp³-hybridized carbons (Fsp3) is 0.286. The zero-order valence-corrected chi connectivity index (χ0v) is 13.3. The molecule has 0 N–H and O–H groups in total. The fourth-order valence-electron chi connectivity index (χ4n) is 2.20. The molecule has 1 aromatic heterocycles. The van der Waals surface area contributed by atoms with Gasteiger partial charge in [0.15, 0.2) is 5.82 Å². The summed E-state index contributed by atoms with van der Waals surface area (Å²) in [5.74, 6) is -0.385. The Hall–Kier alpha value is -1.86.